The van der Waals surface area contributed by atoms with E-state index in [0.717, 1.165) is 23.6 Å². The summed E-state index contributed by atoms with van der Waals surface area (Å²) < 4.78 is 82.2. The van der Waals surface area contributed by atoms with E-state index in [0.29, 0.717) is 5.69 Å². The Labute approximate surface area is 163 Å². The Hall–Kier alpha value is -3.12. The van der Waals surface area contributed by atoms with Gasteiger partial charge in [0.15, 0.2) is 0 Å². The molecule has 3 aromatic rings. The molecule has 1 aliphatic rings. The molecule has 0 N–H and O–H groups in total. The van der Waals surface area contributed by atoms with E-state index in [2.05, 4.69) is 19.8 Å². The summed E-state index contributed by atoms with van der Waals surface area (Å²) in [7, 11) is 0. The molecule has 0 amide bonds. The molecule has 0 aliphatic heterocycles. The maximum Gasteiger partial charge on any atom is 0.471 e. The minimum Gasteiger partial charge on any atom is -0.329 e. The molecule has 0 saturated heterocycles. The molecule has 0 atom stereocenters. The van der Waals surface area contributed by atoms with Gasteiger partial charge in [-0.1, -0.05) is 5.16 Å². The zero-order chi connectivity index (χ0) is 21.7. The molecule has 7 nitrogen and oxygen atoms in total. The first kappa shape index (κ1) is 20.2. The zero-order valence-electron chi connectivity index (χ0n) is 15.0. The van der Waals surface area contributed by atoms with Gasteiger partial charge in [-0.3, -0.25) is 9.48 Å². The lowest BCUT2D eigenvalue weighted by Gasteiger charge is -2.09. The lowest BCUT2D eigenvalue weighted by molar-refractivity contribution is -0.159. The fourth-order valence-corrected chi connectivity index (χ4v) is 2.98. The van der Waals surface area contributed by atoms with E-state index >= 15 is 0 Å². The molecule has 0 aromatic carbocycles. The predicted octanol–water partition coefficient (Wildman–Crippen LogP) is 3.60. The number of hydrogen-bond donors (Lipinski definition) is 0. The second kappa shape index (κ2) is 6.99. The molecule has 160 valence electrons. The van der Waals surface area contributed by atoms with Crippen LogP contribution in [0.5, 0.6) is 0 Å². The Morgan fingerprint density at radius 3 is 2.43 bits per heavy atom. The smallest absolute Gasteiger partial charge is 0.329 e. The summed E-state index contributed by atoms with van der Waals surface area (Å²) in [5, 5.41) is 7.18. The summed E-state index contributed by atoms with van der Waals surface area (Å²) in [4.78, 5) is 15.5. The number of pyridine rings is 1. The van der Waals surface area contributed by atoms with Crippen molar-refractivity contribution in [2.75, 3.05) is 0 Å². The second-order valence-electron chi connectivity index (χ2n) is 6.91. The lowest BCUT2D eigenvalue weighted by Crippen LogP contribution is -2.21. The second-order valence-corrected chi connectivity index (χ2v) is 6.91. The molecular formula is C17H13F6N5O2. The summed E-state index contributed by atoms with van der Waals surface area (Å²) in [6.45, 7) is -1.31. The van der Waals surface area contributed by atoms with Crippen LogP contribution in [0.2, 0.25) is 0 Å². The number of halogens is 6. The fraction of sp³-hybridized carbons (Fsp3) is 0.412. The molecule has 1 saturated carbocycles. The van der Waals surface area contributed by atoms with Crippen LogP contribution >= 0.6 is 0 Å². The molecule has 30 heavy (non-hydrogen) atoms. The van der Waals surface area contributed by atoms with E-state index in [1.54, 1.807) is 6.07 Å². The van der Waals surface area contributed by atoms with Crippen molar-refractivity contribution < 1.29 is 30.9 Å². The van der Waals surface area contributed by atoms with Gasteiger partial charge < -0.3 is 9.09 Å². The van der Waals surface area contributed by atoms with Crippen LogP contribution in [0.1, 0.15) is 36.0 Å². The van der Waals surface area contributed by atoms with Gasteiger partial charge in [-0.25, -0.2) is 0 Å². The molecule has 0 spiro atoms. The first-order valence-corrected chi connectivity index (χ1v) is 8.75. The molecule has 0 bridgehead atoms. The first-order valence-electron chi connectivity index (χ1n) is 8.75. The van der Waals surface area contributed by atoms with Crippen LogP contribution in [0.3, 0.4) is 0 Å². The quantitative estimate of drug-likeness (QED) is 0.575. The zero-order valence-corrected chi connectivity index (χ0v) is 15.0. The van der Waals surface area contributed by atoms with Crippen molar-refractivity contribution in [1.82, 2.24) is 24.5 Å². The highest BCUT2D eigenvalue weighted by Crippen LogP contribution is 2.41. The van der Waals surface area contributed by atoms with Gasteiger partial charge in [0, 0.05) is 29.4 Å². The molecule has 13 heteroatoms. The Kier molecular flexibility index (Phi) is 4.70. The molecule has 1 aliphatic carbocycles. The Morgan fingerprint density at radius 2 is 1.87 bits per heavy atom. The summed E-state index contributed by atoms with van der Waals surface area (Å²) >= 11 is 0. The van der Waals surface area contributed by atoms with Gasteiger partial charge in [-0.2, -0.15) is 36.4 Å². The normalized spacial score (nSPS) is 15.0. The van der Waals surface area contributed by atoms with Crippen LogP contribution in [0.4, 0.5) is 26.3 Å². The van der Waals surface area contributed by atoms with Crippen molar-refractivity contribution in [2.24, 2.45) is 0 Å². The van der Waals surface area contributed by atoms with E-state index in [4.69, 9.17) is 0 Å². The third-order valence-electron chi connectivity index (χ3n) is 4.44. The number of alkyl halides is 6. The van der Waals surface area contributed by atoms with Crippen LogP contribution < -0.4 is 5.56 Å². The lowest BCUT2D eigenvalue weighted by atomic mass is 10.2. The van der Waals surface area contributed by atoms with Crippen LogP contribution in [0, 0.1) is 0 Å². The van der Waals surface area contributed by atoms with Crippen LogP contribution in [-0.2, 0) is 19.3 Å². The van der Waals surface area contributed by atoms with E-state index in [1.165, 1.54) is 16.8 Å². The summed E-state index contributed by atoms with van der Waals surface area (Å²) in [6, 6.07) is 3.86. The van der Waals surface area contributed by atoms with E-state index in [-0.39, 0.29) is 23.7 Å². The third kappa shape index (κ3) is 4.39. The Balaban J connectivity index is 1.57. The molecule has 3 aromatic heterocycles. The molecule has 4 rings (SSSR count). The van der Waals surface area contributed by atoms with Crippen LogP contribution in [-0.4, -0.2) is 30.7 Å². The van der Waals surface area contributed by atoms with Gasteiger partial charge in [-0.15, -0.1) is 0 Å². The van der Waals surface area contributed by atoms with Crippen molar-refractivity contribution in [3.63, 3.8) is 0 Å². The summed E-state index contributed by atoms with van der Waals surface area (Å²) in [6.07, 6.45) is -6.40. The van der Waals surface area contributed by atoms with Gasteiger partial charge >= 0.3 is 18.2 Å². The van der Waals surface area contributed by atoms with Gasteiger partial charge in [0.25, 0.3) is 5.56 Å². The Bertz CT molecular complexity index is 1120. The van der Waals surface area contributed by atoms with Gasteiger partial charge in [-0.05, 0) is 25.0 Å². The SMILES string of the molecule is O=c1cc(-c2noc(C(F)(F)F)n2)ccn1Cc1cc(C2CC2)n(CC(F)(F)F)n1. The predicted molar refractivity (Wildman–Crippen MR) is 88.4 cm³/mol. The Morgan fingerprint density at radius 1 is 1.13 bits per heavy atom. The number of nitrogens with zero attached hydrogens (tertiary/aromatic N) is 5. The fourth-order valence-electron chi connectivity index (χ4n) is 2.98. The molecule has 3 heterocycles. The monoisotopic (exact) mass is 433 g/mol. The minimum absolute atomic E-state index is 0.0109. The molecule has 0 radical (unpaired) electrons. The summed E-state index contributed by atoms with van der Waals surface area (Å²) in [5.41, 5.74) is 0.148. The van der Waals surface area contributed by atoms with Gasteiger partial charge in [0.2, 0.25) is 5.82 Å². The molecule has 0 unspecified atom stereocenters. The number of rotatable bonds is 5. The van der Waals surface area contributed by atoms with E-state index in [1.807, 2.05) is 0 Å². The maximum atomic E-state index is 12.8. The van der Waals surface area contributed by atoms with Crippen molar-refractivity contribution in [2.45, 2.75) is 44.2 Å². The number of aromatic nitrogens is 5. The molecular weight excluding hydrogens is 420 g/mol. The van der Waals surface area contributed by atoms with Crippen molar-refractivity contribution in [1.29, 1.82) is 0 Å². The van der Waals surface area contributed by atoms with Crippen molar-refractivity contribution >= 4 is 0 Å². The van der Waals surface area contributed by atoms with Crippen LogP contribution in [0.15, 0.2) is 33.7 Å². The maximum absolute atomic E-state index is 12.8. The van der Waals surface area contributed by atoms with Crippen molar-refractivity contribution in [3.8, 4) is 11.4 Å². The van der Waals surface area contributed by atoms with Gasteiger partial charge in [0.1, 0.15) is 6.54 Å². The van der Waals surface area contributed by atoms with Crippen molar-refractivity contribution in [3.05, 3.63) is 52.0 Å². The molecule has 1 fully saturated rings. The summed E-state index contributed by atoms with van der Waals surface area (Å²) in [5.74, 6) is -1.92. The highest BCUT2D eigenvalue weighted by atomic mass is 19.4. The standard InChI is InChI=1S/C17H13F6N5O2/c18-16(19,20)8-28-12(9-1-2-9)6-11(25-28)7-27-4-3-10(5-13(27)29)14-24-15(30-26-14)17(21,22)23/h3-6,9H,1-2,7-8H2. The topological polar surface area (TPSA) is 78.7 Å². The highest BCUT2D eigenvalue weighted by molar-refractivity contribution is 5.52. The largest absolute Gasteiger partial charge is 0.471 e. The number of hydrogen-bond acceptors (Lipinski definition) is 5. The minimum atomic E-state index is -4.81. The van der Waals surface area contributed by atoms with Gasteiger partial charge in [0.05, 0.1) is 12.2 Å². The third-order valence-corrected chi connectivity index (χ3v) is 4.44. The average molecular weight is 433 g/mol. The first-order chi connectivity index (χ1) is 14.0. The average Bonchev–Trinajstić information content (AvgIpc) is 3.19. The highest BCUT2D eigenvalue weighted by Gasteiger charge is 2.38. The van der Waals surface area contributed by atoms with E-state index in [9.17, 15) is 31.1 Å². The van der Waals surface area contributed by atoms with E-state index < -0.39 is 36.2 Å². The van der Waals surface area contributed by atoms with Crippen LogP contribution in [0.25, 0.3) is 11.4 Å².